The van der Waals surface area contributed by atoms with Gasteiger partial charge in [-0.2, -0.15) is 0 Å². The Morgan fingerprint density at radius 1 is 1.04 bits per heavy atom. The highest BCUT2D eigenvalue weighted by atomic mass is 127. The molecule has 24 heavy (non-hydrogen) atoms. The zero-order chi connectivity index (χ0) is 18.3. The molecular weight excluding hydrogens is 425 g/mol. The first-order chi connectivity index (χ1) is 11.5. The predicted octanol–water partition coefficient (Wildman–Crippen LogP) is 5.73. The first-order valence-electron chi connectivity index (χ1n) is 7.93. The number of benzene rings is 2. The van der Waals surface area contributed by atoms with Gasteiger partial charge in [-0.25, -0.2) is 8.78 Å². The van der Waals surface area contributed by atoms with E-state index in [0.29, 0.717) is 5.56 Å². The molecule has 1 unspecified atom stereocenters. The molecule has 1 aliphatic rings. The van der Waals surface area contributed by atoms with Gasteiger partial charge in [-0.3, -0.25) is 4.79 Å². The van der Waals surface area contributed by atoms with E-state index in [1.54, 1.807) is 24.3 Å². The van der Waals surface area contributed by atoms with Crippen LogP contribution in [0.3, 0.4) is 0 Å². The maximum absolute atomic E-state index is 13.9. The number of ether oxygens (including phenoxy) is 1. The van der Waals surface area contributed by atoms with Crippen LogP contribution < -0.4 is 0 Å². The van der Waals surface area contributed by atoms with Gasteiger partial charge in [0, 0.05) is 20.8 Å². The van der Waals surface area contributed by atoms with Crippen molar-refractivity contribution in [3.8, 4) is 0 Å². The summed E-state index contributed by atoms with van der Waals surface area (Å²) in [5.74, 6) is -1.75. The highest BCUT2D eigenvalue weighted by molar-refractivity contribution is 14.1. The summed E-state index contributed by atoms with van der Waals surface area (Å²) in [6, 6.07) is 10.1. The molecule has 0 aliphatic carbocycles. The SMILES string of the molecule is CC.CC.O=C(c1ccc(I)cc1)C1(c2ccc(F)cc2F)CO1. The minimum Gasteiger partial charge on any atom is -0.356 e. The topological polar surface area (TPSA) is 29.6 Å². The molecule has 0 saturated carbocycles. The fraction of sp³-hybridized carbons (Fsp3) is 0.316. The van der Waals surface area contributed by atoms with E-state index in [1.807, 2.05) is 27.7 Å². The Morgan fingerprint density at radius 3 is 2.04 bits per heavy atom. The van der Waals surface area contributed by atoms with Crippen molar-refractivity contribution in [3.05, 3.63) is 68.8 Å². The average molecular weight is 446 g/mol. The smallest absolute Gasteiger partial charge is 0.201 e. The van der Waals surface area contributed by atoms with Crippen molar-refractivity contribution < 1.29 is 18.3 Å². The molecule has 2 nitrogen and oxygen atoms in total. The summed E-state index contributed by atoms with van der Waals surface area (Å²) in [6.45, 7) is 8.11. The summed E-state index contributed by atoms with van der Waals surface area (Å²) in [7, 11) is 0. The van der Waals surface area contributed by atoms with Gasteiger partial charge in [0.05, 0.1) is 6.61 Å². The maximum Gasteiger partial charge on any atom is 0.201 e. The molecule has 0 bridgehead atoms. The van der Waals surface area contributed by atoms with E-state index in [4.69, 9.17) is 4.74 Å². The maximum atomic E-state index is 13.9. The van der Waals surface area contributed by atoms with Gasteiger partial charge in [-0.1, -0.05) is 39.8 Å². The van der Waals surface area contributed by atoms with Gasteiger partial charge < -0.3 is 4.74 Å². The Hall–Kier alpha value is -1.34. The van der Waals surface area contributed by atoms with Crippen molar-refractivity contribution >= 4 is 28.4 Å². The van der Waals surface area contributed by atoms with Crippen molar-refractivity contribution in [1.29, 1.82) is 0 Å². The first kappa shape index (κ1) is 20.7. The Morgan fingerprint density at radius 2 is 1.58 bits per heavy atom. The van der Waals surface area contributed by atoms with Crippen molar-refractivity contribution in [1.82, 2.24) is 0 Å². The van der Waals surface area contributed by atoms with Crippen LogP contribution in [0.2, 0.25) is 0 Å². The first-order valence-corrected chi connectivity index (χ1v) is 9.01. The van der Waals surface area contributed by atoms with E-state index in [2.05, 4.69) is 22.6 Å². The van der Waals surface area contributed by atoms with Crippen molar-refractivity contribution in [2.75, 3.05) is 6.61 Å². The highest BCUT2D eigenvalue weighted by Gasteiger charge is 2.55. The van der Waals surface area contributed by atoms with Crippen LogP contribution in [0.1, 0.15) is 43.6 Å². The number of carbonyl (C=O) groups is 1. The molecule has 3 rings (SSSR count). The molecule has 1 aliphatic heterocycles. The van der Waals surface area contributed by atoms with Crippen LogP contribution in [0, 0.1) is 15.2 Å². The number of ketones is 1. The van der Waals surface area contributed by atoms with Gasteiger partial charge in [0.25, 0.3) is 0 Å². The number of hydrogen-bond acceptors (Lipinski definition) is 2. The molecule has 0 radical (unpaired) electrons. The Kier molecular flexibility index (Phi) is 7.96. The zero-order valence-corrected chi connectivity index (χ0v) is 16.4. The fourth-order valence-corrected chi connectivity index (χ4v) is 2.49. The third kappa shape index (κ3) is 4.39. The lowest BCUT2D eigenvalue weighted by molar-refractivity contribution is 0.0867. The lowest BCUT2D eigenvalue weighted by atomic mass is 9.90. The molecule has 130 valence electrons. The molecular formula is C19H21F2IO2. The van der Waals surface area contributed by atoms with Crippen LogP contribution in [0.25, 0.3) is 0 Å². The zero-order valence-electron chi connectivity index (χ0n) is 14.2. The van der Waals surface area contributed by atoms with Crippen LogP contribution in [0.4, 0.5) is 8.78 Å². The highest BCUT2D eigenvalue weighted by Crippen LogP contribution is 2.43. The summed E-state index contributed by atoms with van der Waals surface area (Å²) in [6.07, 6.45) is 0. The van der Waals surface area contributed by atoms with E-state index >= 15 is 0 Å². The van der Waals surface area contributed by atoms with E-state index < -0.39 is 17.2 Å². The lowest BCUT2D eigenvalue weighted by Crippen LogP contribution is -2.24. The minimum atomic E-state index is -1.30. The molecule has 0 amide bonds. The van der Waals surface area contributed by atoms with Gasteiger partial charge in [0.1, 0.15) is 11.6 Å². The molecule has 5 heteroatoms. The third-order valence-electron chi connectivity index (χ3n) is 3.27. The molecule has 0 N–H and O–H groups in total. The molecule has 0 spiro atoms. The quantitative estimate of drug-likeness (QED) is 0.343. The number of halogens is 3. The van der Waals surface area contributed by atoms with Gasteiger partial charge in [-0.05, 0) is 46.9 Å². The molecule has 1 atom stereocenters. The molecule has 1 heterocycles. The van der Waals surface area contributed by atoms with Gasteiger partial charge in [-0.15, -0.1) is 0 Å². The van der Waals surface area contributed by atoms with Crippen LogP contribution >= 0.6 is 22.6 Å². The van der Waals surface area contributed by atoms with E-state index in [-0.39, 0.29) is 18.0 Å². The average Bonchev–Trinajstić information content (AvgIpc) is 3.40. The molecule has 1 saturated heterocycles. The summed E-state index contributed by atoms with van der Waals surface area (Å²) >= 11 is 2.13. The lowest BCUT2D eigenvalue weighted by Gasteiger charge is -2.12. The minimum absolute atomic E-state index is 0.0856. The van der Waals surface area contributed by atoms with Crippen LogP contribution in [0.5, 0.6) is 0 Å². The fourth-order valence-electron chi connectivity index (χ4n) is 2.13. The number of rotatable bonds is 3. The third-order valence-corrected chi connectivity index (χ3v) is 3.99. The van der Waals surface area contributed by atoms with Crippen molar-refractivity contribution in [2.45, 2.75) is 33.3 Å². The normalized spacial score (nSPS) is 17.8. The number of carbonyl (C=O) groups excluding carboxylic acids is 1. The second-order valence-corrected chi connectivity index (χ2v) is 5.82. The van der Waals surface area contributed by atoms with Gasteiger partial charge in [0.2, 0.25) is 5.78 Å². The predicted molar refractivity (Wildman–Crippen MR) is 100 cm³/mol. The summed E-state index contributed by atoms with van der Waals surface area (Å²) in [5, 5.41) is 0. The Labute approximate surface area is 155 Å². The van der Waals surface area contributed by atoms with Gasteiger partial charge >= 0.3 is 0 Å². The van der Waals surface area contributed by atoms with Crippen LogP contribution in [-0.2, 0) is 10.3 Å². The standard InChI is InChI=1S/C15H9F2IO2.2C2H6/c16-10-3-6-12(13(17)7-10)15(8-20-15)14(19)9-1-4-11(18)5-2-9;2*1-2/h1-7H,8H2;2*1-2H3. The summed E-state index contributed by atoms with van der Waals surface area (Å²) in [5.41, 5.74) is -0.765. The number of hydrogen-bond donors (Lipinski definition) is 0. The van der Waals surface area contributed by atoms with Crippen LogP contribution in [0.15, 0.2) is 42.5 Å². The molecule has 1 fully saturated rings. The second kappa shape index (κ2) is 9.22. The summed E-state index contributed by atoms with van der Waals surface area (Å²) in [4.78, 5) is 12.5. The van der Waals surface area contributed by atoms with E-state index in [1.165, 1.54) is 6.07 Å². The largest absolute Gasteiger partial charge is 0.356 e. The number of Topliss-reactive ketones (excluding diaryl/α,β-unsaturated/α-hetero) is 1. The van der Waals surface area contributed by atoms with Crippen molar-refractivity contribution in [3.63, 3.8) is 0 Å². The Bertz CT molecular complexity index is 680. The molecule has 2 aromatic carbocycles. The van der Waals surface area contributed by atoms with E-state index in [0.717, 1.165) is 15.7 Å². The Balaban J connectivity index is 0.000000671. The molecule has 0 aromatic heterocycles. The second-order valence-electron chi connectivity index (χ2n) is 4.58. The van der Waals surface area contributed by atoms with Gasteiger partial charge in [0.15, 0.2) is 5.60 Å². The van der Waals surface area contributed by atoms with Crippen molar-refractivity contribution in [2.24, 2.45) is 0 Å². The number of epoxide rings is 1. The van der Waals surface area contributed by atoms with Crippen LogP contribution in [-0.4, -0.2) is 12.4 Å². The monoisotopic (exact) mass is 446 g/mol. The summed E-state index contributed by atoms with van der Waals surface area (Å²) < 4.78 is 33.0. The van der Waals surface area contributed by atoms with E-state index in [9.17, 15) is 13.6 Å². The molecule has 2 aromatic rings.